The number of para-hydroxylation sites is 1. The summed E-state index contributed by atoms with van der Waals surface area (Å²) in [5.41, 5.74) is 1.05. The first kappa shape index (κ1) is 7.14. The van der Waals surface area contributed by atoms with E-state index in [1.807, 2.05) is 24.3 Å². The third-order valence-corrected chi connectivity index (χ3v) is 3.61. The summed E-state index contributed by atoms with van der Waals surface area (Å²) in [5, 5.41) is 0. The molecule has 11 heavy (non-hydrogen) atoms. The van der Waals surface area contributed by atoms with Gasteiger partial charge in [-0.25, -0.2) is 0 Å². The van der Waals surface area contributed by atoms with Crippen molar-refractivity contribution in [1.82, 2.24) is 0 Å². The summed E-state index contributed by atoms with van der Waals surface area (Å²) in [7, 11) is -1.23. The van der Waals surface area contributed by atoms with E-state index in [0.717, 1.165) is 23.0 Å². The normalized spacial score (nSPS) is 18.7. The highest BCUT2D eigenvalue weighted by atomic mass is 32.7. The van der Waals surface area contributed by atoms with Gasteiger partial charge in [-0.2, -0.15) is 0 Å². The molecule has 56 valence electrons. The highest BCUT2D eigenvalue weighted by Crippen LogP contribution is 2.48. The zero-order valence-electron chi connectivity index (χ0n) is 5.69. The summed E-state index contributed by atoms with van der Waals surface area (Å²) in [6, 6.07) is 7.69. The predicted octanol–water partition coefficient (Wildman–Crippen LogP) is 2.97. The second-order valence-electron chi connectivity index (χ2n) is 2.26. The van der Waals surface area contributed by atoms with E-state index >= 15 is 0 Å². The van der Waals surface area contributed by atoms with Crippen molar-refractivity contribution >= 4 is 18.7 Å². The van der Waals surface area contributed by atoms with Crippen LogP contribution in [0.2, 0.25) is 0 Å². The zero-order chi connectivity index (χ0) is 7.68. The molecule has 1 aromatic carbocycles. The summed E-state index contributed by atoms with van der Waals surface area (Å²) in [6.45, 7) is 0. The van der Waals surface area contributed by atoms with Gasteiger partial charge in [0, 0.05) is 5.56 Å². The number of rotatable bonds is 0. The third-order valence-electron chi connectivity index (χ3n) is 1.48. The maximum atomic E-state index is 11.0. The molecule has 0 spiro atoms. The van der Waals surface area contributed by atoms with Crippen LogP contribution in [0.25, 0.3) is 0 Å². The quantitative estimate of drug-likeness (QED) is 0.459. The Labute approximate surface area is 69.7 Å². The van der Waals surface area contributed by atoms with Crippen LogP contribution in [0.1, 0.15) is 5.56 Å². The molecule has 1 aliphatic heterocycles. The van der Waals surface area contributed by atoms with E-state index < -0.39 is 7.00 Å². The fourth-order valence-corrected chi connectivity index (χ4v) is 2.95. The zero-order valence-corrected chi connectivity index (χ0v) is 7.40. The fourth-order valence-electron chi connectivity index (χ4n) is 0.963. The molecule has 1 unspecified atom stereocenters. The lowest BCUT2D eigenvalue weighted by molar-refractivity contribution is 0.585. The predicted molar refractivity (Wildman–Crippen MR) is 46.0 cm³/mol. The Kier molecular flexibility index (Phi) is 1.84. The van der Waals surface area contributed by atoms with Gasteiger partial charge in [0.15, 0.2) is 6.16 Å². The Morgan fingerprint density at radius 3 is 3.18 bits per heavy atom. The molecule has 1 aliphatic rings. The molecule has 0 N–H and O–H groups in total. The maximum Gasteiger partial charge on any atom is 0.458 e. The smallest absolute Gasteiger partial charge is 0.384 e. The molecule has 1 atom stereocenters. The van der Waals surface area contributed by atoms with E-state index in [4.69, 9.17) is 4.18 Å². The number of fused-ring (bicyclic) bond motifs is 1. The lowest BCUT2D eigenvalue weighted by Gasteiger charge is -2.05. The average Bonchev–Trinajstić information content (AvgIpc) is 2.04. The van der Waals surface area contributed by atoms with Crippen molar-refractivity contribution < 1.29 is 8.75 Å². The molecule has 0 amide bonds. The van der Waals surface area contributed by atoms with Crippen molar-refractivity contribution in [2.24, 2.45) is 0 Å². The molecule has 0 aliphatic carbocycles. The van der Waals surface area contributed by atoms with Gasteiger partial charge in [0.25, 0.3) is 0 Å². The maximum absolute atomic E-state index is 11.0. The van der Waals surface area contributed by atoms with Gasteiger partial charge in [0.2, 0.25) is 0 Å². The van der Waals surface area contributed by atoms with Gasteiger partial charge >= 0.3 is 18.7 Å². The summed E-state index contributed by atoms with van der Waals surface area (Å²) in [5.74, 6) is 0.854. The van der Waals surface area contributed by atoms with Crippen LogP contribution in [-0.2, 0) is 10.7 Å². The lowest BCUT2D eigenvalue weighted by atomic mass is 10.2. The summed E-state index contributed by atoms with van der Waals surface area (Å²) in [6.07, 6.45) is 0.635. The Bertz CT molecular complexity index is 300. The molecule has 0 radical (unpaired) electrons. The van der Waals surface area contributed by atoms with Crippen molar-refractivity contribution in [2.45, 2.75) is 6.16 Å². The van der Waals surface area contributed by atoms with Crippen molar-refractivity contribution in [3.8, 4) is 5.75 Å². The standard InChI is InChI=1S/C7H6O2PS/c8-10-5-6-3-1-2-4-7(6)9-11-10/h1-4H,5H2/q+1. The molecule has 0 saturated carbocycles. The third kappa shape index (κ3) is 1.39. The molecule has 0 aromatic heterocycles. The van der Waals surface area contributed by atoms with E-state index in [0.29, 0.717) is 6.16 Å². The van der Waals surface area contributed by atoms with Crippen LogP contribution in [0.4, 0.5) is 0 Å². The van der Waals surface area contributed by atoms with E-state index in [9.17, 15) is 4.57 Å². The van der Waals surface area contributed by atoms with Gasteiger partial charge in [0.1, 0.15) is 5.75 Å². The Morgan fingerprint density at radius 1 is 1.45 bits per heavy atom. The fraction of sp³-hybridized carbons (Fsp3) is 0.143. The lowest BCUT2D eigenvalue weighted by Crippen LogP contribution is -1.91. The van der Waals surface area contributed by atoms with E-state index in [1.165, 1.54) is 0 Å². The van der Waals surface area contributed by atoms with Crippen molar-refractivity contribution in [3.63, 3.8) is 0 Å². The Morgan fingerprint density at radius 2 is 2.27 bits per heavy atom. The van der Waals surface area contributed by atoms with Crippen LogP contribution < -0.4 is 4.18 Å². The highest BCUT2D eigenvalue weighted by Gasteiger charge is 2.29. The molecule has 2 rings (SSSR count). The van der Waals surface area contributed by atoms with Crippen LogP contribution in [-0.4, -0.2) is 0 Å². The first-order valence-electron chi connectivity index (χ1n) is 3.23. The minimum Gasteiger partial charge on any atom is -0.384 e. The Balaban J connectivity index is 2.41. The Hall–Kier alpha value is -0.530. The molecular formula is C7H6O2PS+. The molecule has 1 aromatic rings. The highest BCUT2D eigenvalue weighted by molar-refractivity contribution is 8.49. The van der Waals surface area contributed by atoms with Crippen LogP contribution in [0.5, 0.6) is 5.75 Å². The molecular weight excluding hydrogens is 179 g/mol. The molecule has 2 nitrogen and oxygen atoms in total. The average molecular weight is 185 g/mol. The van der Waals surface area contributed by atoms with Gasteiger partial charge in [0.05, 0.1) is 0 Å². The summed E-state index contributed by atoms with van der Waals surface area (Å²) < 4.78 is 16.2. The van der Waals surface area contributed by atoms with E-state index in [1.54, 1.807) is 0 Å². The second kappa shape index (κ2) is 2.84. The van der Waals surface area contributed by atoms with Crippen molar-refractivity contribution in [1.29, 1.82) is 0 Å². The number of hydrogen-bond donors (Lipinski definition) is 0. The largest absolute Gasteiger partial charge is 0.458 e. The van der Waals surface area contributed by atoms with Crippen molar-refractivity contribution in [2.75, 3.05) is 0 Å². The van der Waals surface area contributed by atoms with Crippen LogP contribution in [0.3, 0.4) is 0 Å². The van der Waals surface area contributed by atoms with E-state index in [2.05, 4.69) is 0 Å². The summed E-state index contributed by atoms with van der Waals surface area (Å²) in [4.78, 5) is 0. The number of benzene rings is 1. The summed E-state index contributed by atoms with van der Waals surface area (Å²) >= 11 is 1.07. The van der Waals surface area contributed by atoms with E-state index in [-0.39, 0.29) is 0 Å². The molecule has 0 saturated heterocycles. The van der Waals surface area contributed by atoms with Gasteiger partial charge in [-0.1, -0.05) is 22.8 Å². The van der Waals surface area contributed by atoms with Gasteiger partial charge < -0.3 is 4.18 Å². The van der Waals surface area contributed by atoms with Crippen LogP contribution in [0.15, 0.2) is 24.3 Å². The SMILES string of the molecule is O=[P+]1Cc2ccccc2OS1. The minimum absolute atomic E-state index is 0.635. The molecule has 0 fully saturated rings. The van der Waals surface area contributed by atoms with Gasteiger partial charge in [-0.05, 0) is 6.07 Å². The number of hydrogen-bond acceptors (Lipinski definition) is 3. The van der Waals surface area contributed by atoms with Gasteiger partial charge in [-0.3, -0.25) is 0 Å². The molecule has 1 heterocycles. The molecule has 0 bridgehead atoms. The topological polar surface area (TPSA) is 26.3 Å². The van der Waals surface area contributed by atoms with Crippen LogP contribution >= 0.6 is 18.7 Å². The van der Waals surface area contributed by atoms with Crippen LogP contribution in [0, 0.1) is 0 Å². The molecule has 4 heteroatoms. The second-order valence-corrected chi connectivity index (χ2v) is 5.22. The monoisotopic (exact) mass is 185 g/mol. The first-order valence-corrected chi connectivity index (χ1v) is 6.02. The van der Waals surface area contributed by atoms with Crippen molar-refractivity contribution in [3.05, 3.63) is 29.8 Å². The van der Waals surface area contributed by atoms with Gasteiger partial charge in [-0.15, -0.1) is 0 Å². The first-order chi connectivity index (χ1) is 5.36. The minimum atomic E-state index is -1.23.